The summed E-state index contributed by atoms with van der Waals surface area (Å²) in [4.78, 5) is 35.2. The van der Waals surface area contributed by atoms with Gasteiger partial charge in [0.05, 0.1) is 44.1 Å². The fourth-order valence-corrected chi connectivity index (χ4v) is 7.22. The van der Waals surface area contributed by atoms with Crippen molar-refractivity contribution in [3.05, 3.63) is 133 Å². The Hall–Kier alpha value is -6.66. The van der Waals surface area contributed by atoms with Crippen LogP contribution < -0.4 is 0 Å². The number of nitrogens with one attached hydrogen (secondary N) is 2. The first-order chi connectivity index (χ1) is 26.0. The number of H-pyrrole nitrogens is 2. The van der Waals surface area contributed by atoms with Crippen molar-refractivity contribution < 1.29 is 16.4 Å². The maximum Gasteiger partial charge on any atom is 0.138 e. The van der Waals surface area contributed by atoms with Gasteiger partial charge in [0.25, 0.3) is 0 Å². The maximum absolute atomic E-state index is 4.93. The molecule has 0 aliphatic rings. The Kier molecular flexibility index (Phi) is 10.6. The first-order valence-corrected chi connectivity index (χ1v) is 18.3. The molecule has 4 aromatic carbocycles. The molecule has 10 aromatic rings. The summed E-state index contributed by atoms with van der Waals surface area (Å²) in [6, 6.07) is 33.4. The van der Waals surface area contributed by atoms with Crippen LogP contribution in [0.2, 0.25) is 0 Å². The average Bonchev–Trinajstić information content (AvgIpc) is 3.85. The average molecular weight is 759 g/mol. The molecular formula is C46H46N8O3. The van der Waals surface area contributed by atoms with E-state index in [2.05, 4.69) is 144 Å². The molecule has 0 saturated carbocycles. The van der Waals surface area contributed by atoms with Gasteiger partial charge in [-0.25, -0.2) is 9.97 Å². The second-order valence-corrected chi connectivity index (χ2v) is 15.9. The fourth-order valence-electron chi connectivity index (χ4n) is 7.22. The van der Waals surface area contributed by atoms with Crippen molar-refractivity contribution in [1.29, 1.82) is 0 Å². The van der Waals surface area contributed by atoms with Crippen LogP contribution in [-0.4, -0.2) is 56.3 Å². The molecule has 0 spiro atoms. The van der Waals surface area contributed by atoms with Crippen LogP contribution in [0.4, 0.5) is 0 Å². The Morgan fingerprint density at radius 3 is 0.982 bits per heavy atom. The zero-order valence-electron chi connectivity index (χ0n) is 32.7. The Labute approximate surface area is 329 Å². The quantitative estimate of drug-likeness (QED) is 0.165. The zero-order valence-corrected chi connectivity index (χ0v) is 32.7. The van der Waals surface area contributed by atoms with Crippen LogP contribution in [0.25, 0.3) is 88.5 Å². The Bertz CT molecular complexity index is 2660. The molecule has 0 aliphatic carbocycles. The Morgan fingerprint density at radius 1 is 0.368 bits per heavy atom. The number of hydrogen-bond donors (Lipinski definition) is 2. The van der Waals surface area contributed by atoms with Gasteiger partial charge in [0.2, 0.25) is 0 Å². The van der Waals surface area contributed by atoms with Gasteiger partial charge in [0, 0.05) is 57.5 Å². The molecular weight excluding hydrogens is 713 g/mol. The normalized spacial score (nSPS) is 11.6. The molecule has 0 saturated heterocycles. The highest BCUT2D eigenvalue weighted by Crippen LogP contribution is 2.35. The number of rotatable bonds is 2. The van der Waals surface area contributed by atoms with Crippen molar-refractivity contribution >= 4 is 65.7 Å². The lowest BCUT2D eigenvalue weighted by atomic mass is 9.87. The predicted molar refractivity (Wildman–Crippen MR) is 233 cm³/mol. The Balaban J connectivity index is 0.000000183. The largest absolute Gasteiger partial charge is 0.412 e. The molecule has 6 aromatic heterocycles. The smallest absolute Gasteiger partial charge is 0.138 e. The molecule has 0 unspecified atom stereocenters. The lowest BCUT2D eigenvalue weighted by molar-refractivity contribution is 0.590. The summed E-state index contributed by atoms with van der Waals surface area (Å²) in [5.41, 5.74) is 12.5. The van der Waals surface area contributed by atoms with E-state index in [1.807, 2.05) is 36.7 Å². The summed E-state index contributed by atoms with van der Waals surface area (Å²) in [5.74, 6) is 1.74. The summed E-state index contributed by atoms with van der Waals surface area (Å²) in [6.45, 7) is 13.3. The van der Waals surface area contributed by atoms with Crippen LogP contribution >= 0.6 is 0 Å². The molecule has 0 bridgehead atoms. The standard InChI is InChI=1S/2C23H20N4.3H2O/c2*1-23(2,3)15-10-8-14(9-11-15)22-26-20-16-6-4-12-24-18(16)19-17(21(20)27-22)7-5-13-25-19;;;/h2*4-13H,1-3H3,(H,26,27);3*1H2. The van der Waals surface area contributed by atoms with Gasteiger partial charge in [-0.2, -0.15) is 0 Å². The molecule has 10 rings (SSSR count). The second-order valence-electron chi connectivity index (χ2n) is 15.9. The van der Waals surface area contributed by atoms with E-state index in [1.165, 1.54) is 11.1 Å². The first-order valence-electron chi connectivity index (χ1n) is 18.3. The van der Waals surface area contributed by atoms with E-state index in [1.54, 1.807) is 12.4 Å². The number of hydrogen-bond acceptors (Lipinski definition) is 6. The minimum Gasteiger partial charge on any atom is -0.412 e. The van der Waals surface area contributed by atoms with Crippen molar-refractivity contribution in [1.82, 2.24) is 39.9 Å². The minimum atomic E-state index is 0. The van der Waals surface area contributed by atoms with Gasteiger partial charge >= 0.3 is 0 Å². The highest BCUT2D eigenvalue weighted by Gasteiger charge is 2.19. The predicted octanol–water partition coefficient (Wildman–Crippen LogP) is 8.77. The highest BCUT2D eigenvalue weighted by atomic mass is 16.0. The number of aromatic amines is 2. The summed E-state index contributed by atoms with van der Waals surface area (Å²) in [5, 5.41) is 4.13. The molecule has 0 aliphatic heterocycles. The Morgan fingerprint density at radius 2 is 0.667 bits per heavy atom. The van der Waals surface area contributed by atoms with Crippen LogP contribution in [0, 0.1) is 0 Å². The van der Waals surface area contributed by atoms with Gasteiger partial charge in [-0.05, 0) is 70.5 Å². The SMILES string of the molecule is CC(C)(C)c1ccc(-c2nc3c4cccnc4c4ncccc4c3[nH]2)cc1.CC(C)(C)c1ccc(-c2nc3c4cccnc4c4ncccc4c3[nH]2)cc1.O.O.O. The van der Waals surface area contributed by atoms with Gasteiger partial charge in [-0.3, -0.25) is 19.9 Å². The first kappa shape index (κ1) is 40.0. The van der Waals surface area contributed by atoms with Crippen LogP contribution in [0.5, 0.6) is 0 Å². The number of fused-ring (bicyclic) bond motifs is 12. The van der Waals surface area contributed by atoms with E-state index in [-0.39, 0.29) is 27.3 Å². The van der Waals surface area contributed by atoms with Crippen molar-refractivity contribution in [2.24, 2.45) is 0 Å². The number of nitrogens with zero attached hydrogens (tertiary/aromatic N) is 6. The van der Waals surface area contributed by atoms with Crippen molar-refractivity contribution in [2.45, 2.75) is 52.4 Å². The van der Waals surface area contributed by atoms with Crippen molar-refractivity contribution in [3.63, 3.8) is 0 Å². The molecule has 6 heterocycles. The second kappa shape index (κ2) is 15.1. The molecule has 57 heavy (non-hydrogen) atoms. The molecule has 8 N–H and O–H groups in total. The highest BCUT2D eigenvalue weighted by molar-refractivity contribution is 6.22. The molecule has 11 nitrogen and oxygen atoms in total. The van der Waals surface area contributed by atoms with E-state index in [0.29, 0.717) is 0 Å². The third-order valence-electron chi connectivity index (χ3n) is 10.2. The molecule has 0 atom stereocenters. The van der Waals surface area contributed by atoms with Crippen LogP contribution in [-0.2, 0) is 10.8 Å². The monoisotopic (exact) mass is 758 g/mol. The fraction of sp³-hybridized carbons (Fsp3) is 0.174. The van der Waals surface area contributed by atoms with E-state index in [9.17, 15) is 0 Å². The third kappa shape index (κ3) is 7.04. The molecule has 11 heteroatoms. The summed E-state index contributed by atoms with van der Waals surface area (Å²) in [7, 11) is 0. The van der Waals surface area contributed by atoms with E-state index < -0.39 is 0 Å². The number of aromatic nitrogens is 8. The lowest BCUT2D eigenvalue weighted by Crippen LogP contribution is -2.10. The van der Waals surface area contributed by atoms with Gasteiger partial charge in [0.15, 0.2) is 0 Å². The van der Waals surface area contributed by atoms with Crippen molar-refractivity contribution in [3.8, 4) is 22.8 Å². The summed E-state index contributed by atoms with van der Waals surface area (Å²) in [6.07, 6.45) is 7.23. The summed E-state index contributed by atoms with van der Waals surface area (Å²) >= 11 is 0. The zero-order chi connectivity index (χ0) is 37.2. The van der Waals surface area contributed by atoms with Crippen molar-refractivity contribution in [2.75, 3.05) is 0 Å². The van der Waals surface area contributed by atoms with Crippen LogP contribution in [0.15, 0.2) is 122 Å². The molecule has 0 amide bonds. The minimum absolute atomic E-state index is 0. The van der Waals surface area contributed by atoms with Crippen LogP contribution in [0.3, 0.4) is 0 Å². The number of imidazole rings is 2. The summed E-state index contributed by atoms with van der Waals surface area (Å²) < 4.78 is 0. The van der Waals surface area contributed by atoms with E-state index in [4.69, 9.17) is 9.97 Å². The number of pyridine rings is 4. The van der Waals surface area contributed by atoms with Gasteiger partial charge in [-0.15, -0.1) is 0 Å². The van der Waals surface area contributed by atoms with Gasteiger partial charge in [0.1, 0.15) is 11.6 Å². The molecule has 288 valence electrons. The lowest BCUT2D eigenvalue weighted by Gasteiger charge is -2.18. The maximum atomic E-state index is 4.93. The van der Waals surface area contributed by atoms with Gasteiger partial charge < -0.3 is 26.4 Å². The third-order valence-corrected chi connectivity index (χ3v) is 10.2. The molecule has 0 radical (unpaired) electrons. The van der Waals surface area contributed by atoms with Crippen LogP contribution in [0.1, 0.15) is 52.7 Å². The van der Waals surface area contributed by atoms with Gasteiger partial charge in [-0.1, -0.05) is 90.1 Å². The van der Waals surface area contributed by atoms with E-state index >= 15 is 0 Å². The van der Waals surface area contributed by atoms with E-state index in [0.717, 1.165) is 88.5 Å². The molecule has 0 fully saturated rings. The topological polar surface area (TPSA) is 203 Å². The number of benzene rings is 4.